The van der Waals surface area contributed by atoms with E-state index in [1.807, 2.05) is 53.9 Å². The molecule has 0 amide bonds. The predicted octanol–water partition coefficient (Wildman–Crippen LogP) is 3.65. The van der Waals surface area contributed by atoms with Crippen LogP contribution >= 0.6 is 15.9 Å². The second kappa shape index (κ2) is 4.14. The van der Waals surface area contributed by atoms with Crippen LogP contribution < -0.4 is 5.73 Å². The Balaban J connectivity index is 2.27. The number of hydrogen-bond acceptors (Lipinski definition) is 2. The third-order valence-corrected chi connectivity index (χ3v) is 3.53. The molecule has 3 rings (SSSR count). The number of nitrogen functional groups attached to an aromatic ring is 1. The maximum atomic E-state index is 6.17. The summed E-state index contributed by atoms with van der Waals surface area (Å²) in [6, 6.07) is 12.0. The van der Waals surface area contributed by atoms with E-state index in [0.717, 1.165) is 26.9 Å². The molecule has 0 saturated heterocycles. The van der Waals surface area contributed by atoms with Crippen molar-refractivity contribution in [3.8, 4) is 11.3 Å². The second-order valence-electron chi connectivity index (χ2n) is 4.24. The first-order valence-corrected chi connectivity index (χ1v) is 6.45. The van der Waals surface area contributed by atoms with Crippen LogP contribution in [0.25, 0.3) is 16.9 Å². The van der Waals surface area contributed by atoms with E-state index in [9.17, 15) is 0 Å². The van der Waals surface area contributed by atoms with Gasteiger partial charge in [-0.05, 0) is 30.7 Å². The van der Waals surface area contributed by atoms with E-state index in [2.05, 4.69) is 20.9 Å². The molecule has 2 heterocycles. The molecule has 18 heavy (non-hydrogen) atoms. The molecular weight excluding hydrogens is 290 g/mol. The molecule has 0 aliphatic heterocycles. The van der Waals surface area contributed by atoms with Gasteiger partial charge in [-0.2, -0.15) is 0 Å². The number of anilines is 1. The van der Waals surface area contributed by atoms with Gasteiger partial charge >= 0.3 is 0 Å². The number of pyridine rings is 1. The van der Waals surface area contributed by atoms with Gasteiger partial charge in [0.1, 0.15) is 17.2 Å². The van der Waals surface area contributed by atoms with E-state index in [0.29, 0.717) is 5.82 Å². The molecule has 2 aromatic heterocycles. The van der Waals surface area contributed by atoms with Crippen molar-refractivity contribution >= 4 is 27.4 Å². The number of aromatic nitrogens is 2. The first-order chi connectivity index (χ1) is 8.66. The quantitative estimate of drug-likeness (QED) is 0.745. The maximum absolute atomic E-state index is 6.17. The summed E-state index contributed by atoms with van der Waals surface area (Å²) >= 11 is 3.43. The van der Waals surface area contributed by atoms with Gasteiger partial charge in [0.15, 0.2) is 0 Å². The van der Waals surface area contributed by atoms with Crippen LogP contribution in [0.5, 0.6) is 0 Å². The molecule has 3 nitrogen and oxygen atoms in total. The largest absolute Gasteiger partial charge is 0.383 e. The summed E-state index contributed by atoms with van der Waals surface area (Å²) in [5, 5.41) is 0. The molecule has 0 saturated carbocycles. The van der Waals surface area contributed by atoms with Gasteiger partial charge < -0.3 is 5.73 Å². The summed E-state index contributed by atoms with van der Waals surface area (Å²) in [6.45, 7) is 2.03. The smallest absolute Gasteiger partial charge is 0.142 e. The van der Waals surface area contributed by atoms with E-state index >= 15 is 0 Å². The lowest BCUT2D eigenvalue weighted by atomic mass is 10.1. The minimum Gasteiger partial charge on any atom is -0.383 e. The third-order valence-electron chi connectivity index (χ3n) is 3.00. The summed E-state index contributed by atoms with van der Waals surface area (Å²) in [4.78, 5) is 4.63. The highest BCUT2D eigenvalue weighted by molar-refractivity contribution is 9.10. The molecule has 0 spiro atoms. The Morgan fingerprint density at radius 2 is 1.89 bits per heavy atom. The normalized spacial score (nSPS) is 11.0. The summed E-state index contributed by atoms with van der Waals surface area (Å²) in [5.74, 6) is 0.677. The highest BCUT2D eigenvalue weighted by atomic mass is 79.9. The van der Waals surface area contributed by atoms with Gasteiger partial charge in [0.05, 0.1) is 0 Å². The van der Waals surface area contributed by atoms with Crippen molar-refractivity contribution in [2.75, 3.05) is 5.73 Å². The molecule has 90 valence electrons. The second-order valence-corrected chi connectivity index (χ2v) is 5.15. The summed E-state index contributed by atoms with van der Waals surface area (Å²) in [6.07, 6.45) is 1.94. The van der Waals surface area contributed by atoms with E-state index < -0.39 is 0 Å². The lowest BCUT2D eigenvalue weighted by Crippen LogP contribution is -1.94. The predicted molar refractivity (Wildman–Crippen MR) is 77.5 cm³/mol. The van der Waals surface area contributed by atoms with Crippen molar-refractivity contribution in [3.05, 3.63) is 52.6 Å². The van der Waals surface area contributed by atoms with Crippen molar-refractivity contribution in [1.29, 1.82) is 0 Å². The minimum absolute atomic E-state index is 0.677. The molecule has 0 unspecified atom stereocenters. The molecule has 0 fully saturated rings. The van der Waals surface area contributed by atoms with Gasteiger partial charge in [-0.3, -0.25) is 4.40 Å². The molecule has 2 N–H and O–H groups in total. The number of imidazole rings is 1. The zero-order valence-electron chi connectivity index (χ0n) is 9.89. The van der Waals surface area contributed by atoms with Gasteiger partial charge in [-0.15, -0.1) is 0 Å². The first kappa shape index (κ1) is 11.3. The zero-order chi connectivity index (χ0) is 12.7. The van der Waals surface area contributed by atoms with Crippen molar-refractivity contribution in [2.45, 2.75) is 6.92 Å². The Labute approximate surface area is 113 Å². The van der Waals surface area contributed by atoms with Crippen LogP contribution in [-0.4, -0.2) is 9.38 Å². The van der Waals surface area contributed by atoms with E-state index in [1.165, 1.54) is 0 Å². The van der Waals surface area contributed by atoms with Gasteiger partial charge in [0.25, 0.3) is 0 Å². The lowest BCUT2D eigenvalue weighted by molar-refractivity contribution is 1.17. The Morgan fingerprint density at radius 1 is 1.17 bits per heavy atom. The van der Waals surface area contributed by atoms with E-state index in [1.54, 1.807) is 0 Å². The summed E-state index contributed by atoms with van der Waals surface area (Å²) in [5.41, 5.74) is 10.1. The number of hydrogen-bond donors (Lipinski definition) is 1. The maximum Gasteiger partial charge on any atom is 0.142 e. The van der Waals surface area contributed by atoms with E-state index in [4.69, 9.17) is 5.73 Å². The van der Waals surface area contributed by atoms with Gasteiger partial charge in [-0.1, -0.05) is 34.1 Å². The van der Waals surface area contributed by atoms with E-state index in [-0.39, 0.29) is 0 Å². The molecule has 0 atom stereocenters. The summed E-state index contributed by atoms with van der Waals surface area (Å²) < 4.78 is 2.97. The number of nitrogens with two attached hydrogens (primary N) is 1. The monoisotopic (exact) mass is 301 g/mol. The fraction of sp³-hybridized carbons (Fsp3) is 0.0714. The average molecular weight is 302 g/mol. The zero-order valence-corrected chi connectivity index (χ0v) is 11.5. The Hall–Kier alpha value is -1.81. The van der Waals surface area contributed by atoms with Crippen LogP contribution in [0, 0.1) is 6.92 Å². The molecular formula is C14H12BrN3. The fourth-order valence-corrected chi connectivity index (χ4v) is 2.31. The number of rotatable bonds is 1. The molecule has 0 aliphatic rings. The van der Waals surface area contributed by atoms with Crippen LogP contribution in [0.4, 0.5) is 5.82 Å². The van der Waals surface area contributed by atoms with Crippen LogP contribution in [0.3, 0.4) is 0 Å². The highest BCUT2D eigenvalue weighted by Gasteiger charge is 2.11. The molecule has 3 aromatic rings. The van der Waals surface area contributed by atoms with Crippen molar-refractivity contribution < 1.29 is 0 Å². The van der Waals surface area contributed by atoms with Gasteiger partial charge in [-0.25, -0.2) is 4.98 Å². The molecule has 0 bridgehead atoms. The standard InChI is InChI=1S/C14H12BrN3/c1-9-3-2-8-18-13(16)12(17-14(9)18)10-4-6-11(15)7-5-10/h2-8H,16H2,1H3. The lowest BCUT2D eigenvalue weighted by Gasteiger charge is -1.99. The van der Waals surface area contributed by atoms with Crippen LogP contribution in [0.1, 0.15) is 5.56 Å². The number of nitrogens with zero attached hydrogens (tertiary/aromatic N) is 2. The van der Waals surface area contributed by atoms with Crippen molar-refractivity contribution in [2.24, 2.45) is 0 Å². The minimum atomic E-state index is 0.677. The van der Waals surface area contributed by atoms with Crippen LogP contribution in [0.2, 0.25) is 0 Å². The number of benzene rings is 1. The number of aryl methyl sites for hydroxylation is 1. The Morgan fingerprint density at radius 3 is 2.56 bits per heavy atom. The Kier molecular flexibility index (Phi) is 2.59. The highest BCUT2D eigenvalue weighted by Crippen LogP contribution is 2.28. The van der Waals surface area contributed by atoms with Crippen LogP contribution in [0.15, 0.2) is 47.1 Å². The molecule has 0 aliphatic carbocycles. The number of fused-ring (bicyclic) bond motifs is 1. The first-order valence-electron chi connectivity index (χ1n) is 5.66. The van der Waals surface area contributed by atoms with Gasteiger partial charge in [0.2, 0.25) is 0 Å². The third kappa shape index (κ3) is 1.69. The summed E-state index contributed by atoms with van der Waals surface area (Å²) in [7, 11) is 0. The molecule has 4 heteroatoms. The van der Waals surface area contributed by atoms with Crippen molar-refractivity contribution in [1.82, 2.24) is 9.38 Å². The Bertz CT molecular complexity index is 714. The van der Waals surface area contributed by atoms with Crippen molar-refractivity contribution in [3.63, 3.8) is 0 Å². The molecule has 0 radical (unpaired) electrons. The average Bonchev–Trinajstić information content (AvgIpc) is 2.70. The number of halogens is 1. The van der Waals surface area contributed by atoms with Crippen LogP contribution in [-0.2, 0) is 0 Å². The topological polar surface area (TPSA) is 43.3 Å². The SMILES string of the molecule is Cc1cccn2c(N)c(-c3ccc(Br)cc3)nc12. The van der Waals surface area contributed by atoms with Gasteiger partial charge in [0, 0.05) is 16.2 Å². The molecule has 1 aromatic carbocycles. The fourth-order valence-electron chi connectivity index (χ4n) is 2.04.